The van der Waals surface area contributed by atoms with Crippen molar-refractivity contribution in [2.75, 3.05) is 0 Å². The first-order valence-electron chi connectivity index (χ1n) is 3.29. The molecule has 1 fully saturated rings. The lowest BCUT2D eigenvalue weighted by molar-refractivity contribution is 1.03. The zero-order valence-corrected chi connectivity index (χ0v) is 5.75. The summed E-state index contributed by atoms with van der Waals surface area (Å²) in [6.07, 6.45) is 5.26. The first kappa shape index (κ1) is 6.92. The van der Waals surface area contributed by atoms with E-state index in [1.54, 1.807) is 6.20 Å². The van der Waals surface area contributed by atoms with Gasteiger partial charge in [-0.2, -0.15) is 0 Å². The van der Waals surface area contributed by atoms with Crippen molar-refractivity contribution >= 4 is 5.96 Å². The number of nitrogens with zero attached hydrogens (tertiary/aromatic N) is 1. The molecule has 0 atom stereocenters. The van der Waals surface area contributed by atoms with Crippen molar-refractivity contribution in [3.8, 4) is 0 Å². The molecule has 1 rings (SSSR count). The van der Waals surface area contributed by atoms with Gasteiger partial charge in [-0.3, -0.25) is 0 Å². The van der Waals surface area contributed by atoms with Crippen LogP contribution < -0.4 is 16.8 Å². The van der Waals surface area contributed by atoms with E-state index in [4.69, 9.17) is 11.5 Å². The summed E-state index contributed by atoms with van der Waals surface area (Å²) in [5.74, 6) is 0.448. The molecule has 0 aromatic heterocycles. The van der Waals surface area contributed by atoms with Crippen molar-refractivity contribution in [1.82, 2.24) is 5.32 Å². The van der Waals surface area contributed by atoms with Crippen LogP contribution in [0.25, 0.3) is 0 Å². The summed E-state index contributed by atoms with van der Waals surface area (Å²) in [4.78, 5) is 4.10. The average molecular weight is 140 g/mol. The molecule has 0 heterocycles. The Morgan fingerprint density at radius 3 is 2.80 bits per heavy atom. The Balaban J connectivity index is 2.24. The minimum absolute atomic E-state index is 0.448. The molecule has 10 heavy (non-hydrogen) atoms. The molecule has 0 aromatic rings. The van der Waals surface area contributed by atoms with E-state index in [9.17, 15) is 0 Å². The fourth-order valence-electron chi connectivity index (χ4n) is 0.571. The number of guanidine groups is 1. The van der Waals surface area contributed by atoms with Gasteiger partial charge in [0, 0.05) is 12.4 Å². The van der Waals surface area contributed by atoms with Crippen LogP contribution in [0, 0.1) is 0 Å². The van der Waals surface area contributed by atoms with E-state index in [1.807, 2.05) is 0 Å². The van der Waals surface area contributed by atoms with Gasteiger partial charge in [-0.15, -0.1) is 0 Å². The molecule has 56 valence electrons. The molecule has 0 amide bonds. The van der Waals surface area contributed by atoms with Gasteiger partial charge in [-0.1, -0.05) is 0 Å². The van der Waals surface area contributed by atoms with Gasteiger partial charge < -0.3 is 16.8 Å². The highest BCUT2D eigenvalue weighted by molar-refractivity contribution is 5.79. The monoisotopic (exact) mass is 140 g/mol. The van der Waals surface area contributed by atoms with Crippen LogP contribution >= 0.6 is 0 Å². The van der Waals surface area contributed by atoms with Gasteiger partial charge >= 0.3 is 0 Å². The number of nitrogens with one attached hydrogen (secondary N) is 1. The molecule has 0 aromatic carbocycles. The highest BCUT2D eigenvalue weighted by Crippen LogP contribution is 2.22. The lowest BCUT2D eigenvalue weighted by atomic mass is 10.7. The van der Waals surface area contributed by atoms with Crippen LogP contribution in [-0.4, -0.2) is 12.0 Å². The second kappa shape index (κ2) is 3.10. The van der Waals surface area contributed by atoms with E-state index in [0.29, 0.717) is 12.0 Å². The molecule has 4 heteroatoms. The van der Waals surface area contributed by atoms with Gasteiger partial charge in [-0.05, 0) is 12.8 Å². The summed E-state index contributed by atoms with van der Waals surface area (Å²) in [5, 5.41) is 2.73. The first-order valence-corrected chi connectivity index (χ1v) is 3.29. The van der Waals surface area contributed by atoms with Gasteiger partial charge in [0.25, 0.3) is 0 Å². The lowest BCUT2D eigenvalue weighted by Gasteiger charge is -1.96. The Labute approximate surface area is 60.0 Å². The minimum Gasteiger partial charge on any atom is -0.403 e. The Morgan fingerprint density at radius 2 is 2.30 bits per heavy atom. The van der Waals surface area contributed by atoms with Gasteiger partial charge in [0.05, 0.1) is 6.04 Å². The third-order valence-electron chi connectivity index (χ3n) is 1.20. The topological polar surface area (TPSA) is 76.4 Å². The molecule has 1 aliphatic carbocycles. The highest BCUT2D eigenvalue weighted by atomic mass is 15.1. The number of rotatable bonds is 2. The van der Waals surface area contributed by atoms with Crippen molar-refractivity contribution in [3.63, 3.8) is 0 Å². The number of hydrogen-bond donors (Lipinski definition) is 3. The summed E-state index contributed by atoms with van der Waals surface area (Å²) in [6, 6.07) is 0.457. The van der Waals surface area contributed by atoms with Crippen LogP contribution in [0.4, 0.5) is 0 Å². The summed E-state index contributed by atoms with van der Waals surface area (Å²) < 4.78 is 0. The van der Waals surface area contributed by atoms with Gasteiger partial charge in [0.1, 0.15) is 0 Å². The van der Waals surface area contributed by atoms with Crippen LogP contribution in [0.2, 0.25) is 0 Å². The van der Waals surface area contributed by atoms with E-state index in [1.165, 1.54) is 6.20 Å². The van der Waals surface area contributed by atoms with Crippen molar-refractivity contribution in [3.05, 3.63) is 12.4 Å². The summed E-state index contributed by atoms with van der Waals surface area (Å²) >= 11 is 0. The summed E-state index contributed by atoms with van der Waals surface area (Å²) in [5.41, 5.74) is 10.5. The van der Waals surface area contributed by atoms with Crippen LogP contribution in [0.5, 0.6) is 0 Å². The first-order chi connectivity index (χ1) is 4.83. The fraction of sp³-hybridized carbons (Fsp3) is 0.500. The van der Waals surface area contributed by atoms with E-state index in [-0.39, 0.29) is 0 Å². The van der Waals surface area contributed by atoms with Crippen LogP contribution in [0.1, 0.15) is 12.8 Å². The third kappa shape index (κ3) is 2.39. The fourth-order valence-corrected chi connectivity index (χ4v) is 0.571. The van der Waals surface area contributed by atoms with Crippen molar-refractivity contribution in [1.29, 1.82) is 0 Å². The molecule has 0 saturated heterocycles. The Hall–Kier alpha value is -1.19. The maximum absolute atomic E-state index is 5.43. The largest absolute Gasteiger partial charge is 0.403 e. The summed E-state index contributed by atoms with van der Waals surface area (Å²) in [7, 11) is 0. The van der Waals surface area contributed by atoms with E-state index < -0.39 is 0 Å². The second-order valence-corrected chi connectivity index (χ2v) is 2.25. The Morgan fingerprint density at radius 1 is 1.60 bits per heavy atom. The molecule has 0 unspecified atom stereocenters. The van der Waals surface area contributed by atoms with Crippen LogP contribution in [0.15, 0.2) is 17.4 Å². The van der Waals surface area contributed by atoms with Crippen molar-refractivity contribution in [2.24, 2.45) is 16.5 Å². The van der Waals surface area contributed by atoms with E-state index in [2.05, 4.69) is 10.3 Å². The van der Waals surface area contributed by atoms with Gasteiger partial charge in [0.15, 0.2) is 5.96 Å². The average Bonchev–Trinajstić information content (AvgIpc) is 2.67. The minimum atomic E-state index is 0.448. The normalized spacial score (nSPS) is 19.8. The molecule has 0 spiro atoms. The molecule has 1 saturated carbocycles. The smallest absolute Gasteiger partial charge is 0.192 e. The van der Waals surface area contributed by atoms with E-state index >= 15 is 0 Å². The highest BCUT2D eigenvalue weighted by Gasteiger charge is 2.20. The standard InChI is InChI=1S/C6H12N4/c7-3-4-9-6(8)10-5-1-2-5/h3-5H,1-2,7H2,(H3,8,9,10)/b4-3-. The summed E-state index contributed by atoms with van der Waals surface area (Å²) in [6.45, 7) is 0. The maximum Gasteiger partial charge on any atom is 0.192 e. The molecule has 0 radical (unpaired) electrons. The second-order valence-electron chi connectivity index (χ2n) is 2.25. The third-order valence-corrected chi connectivity index (χ3v) is 1.20. The van der Waals surface area contributed by atoms with Crippen molar-refractivity contribution in [2.45, 2.75) is 18.9 Å². The molecule has 0 bridgehead atoms. The molecule has 0 aliphatic heterocycles. The molecule has 5 N–H and O–H groups in total. The van der Waals surface area contributed by atoms with Gasteiger partial charge in [-0.25, -0.2) is 4.99 Å². The number of aliphatic imine (C=N–C) groups is 1. The maximum atomic E-state index is 5.43. The quantitative estimate of drug-likeness (QED) is 0.357. The predicted octanol–water partition coefficient (Wildman–Crippen LogP) is -0.517. The molecular formula is C6H12N4. The van der Waals surface area contributed by atoms with E-state index in [0.717, 1.165) is 12.8 Å². The zero-order valence-electron chi connectivity index (χ0n) is 5.75. The number of nitrogens with two attached hydrogens (primary N) is 2. The molecule has 1 aliphatic rings. The number of hydrogen-bond acceptors (Lipinski definition) is 2. The zero-order chi connectivity index (χ0) is 7.40. The van der Waals surface area contributed by atoms with Gasteiger partial charge in [0.2, 0.25) is 0 Å². The predicted molar refractivity (Wildman–Crippen MR) is 41.1 cm³/mol. The Kier molecular flexibility index (Phi) is 2.15. The van der Waals surface area contributed by atoms with Crippen molar-refractivity contribution < 1.29 is 0 Å². The van der Waals surface area contributed by atoms with Crippen LogP contribution in [0.3, 0.4) is 0 Å². The lowest BCUT2D eigenvalue weighted by Crippen LogP contribution is -2.27. The Bertz CT molecular complexity index is 157. The SMILES string of the molecule is N/C=C\NC(N)=NC1CC1. The molecular weight excluding hydrogens is 128 g/mol. The molecule has 4 nitrogen and oxygen atoms in total. The van der Waals surface area contributed by atoms with Crippen LogP contribution in [-0.2, 0) is 0 Å².